The van der Waals surface area contributed by atoms with Crippen molar-refractivity contribution in [2.45, 2.75) is 51.6 Å². The minimum absolute atomic E-state index is 0.00718. The van der Waals surface area contributed by atoms with Crippen LogP contribution in [0.3, 0.4) is 0 Å². The molecule has 0 radical (unpaired) electrons. The van der Waals surface area contributed by atoms with Gasteiger partial charge < -0.3 is 9.47 Å². The molecule has 0 aromatic heterocycles. The van der Waals surface area contributed by atoms with Crippen molar-refractivity contribution in [3.05, 3.63) is 23.8 Å². The lowest BCUT2D eigenvalue weighted by molar-refractivity contribution is 0.196. The maximum absolute atomic E-state index is 13.8. The summed E-state index contributed by atoms with van der Waals surface area (Å²) in [6.07, 6.45) is 5.79. The summed E-state index contributed by atoms with van der Waals surface area (Å²) in [6.45, 7) is 2.41. The summed E-state index contributed by atoms with van der Waals surface area (Å²) in [5.41, 5.74) is 0. The van der Waals surface area contributed by atoms with Gasteiger partial charge in [0.05, 0.1) is 12.7 Å². The third-order valence-corrected chi connectivity index (χ3v) is 3.36. The van der Waals surface area contributed by atoms with Gasteiger partial charge in [0, 0.05) is 0 Å². The SMILES string of the molecule is CCCCOc1ccc(OC2CCCC2)c(F)c1F. The molecule has 0 amide bonds. The Hall–Kier alpha value is -1.32. The van der Waals surface area contributed by atoms with Crippen LogP contribution >= 0.6 is 0 Å². The molecule has 1 aromatic carbocycles. The number of unbranched alkanes of at least 4 members (excludes halogenated alkanes) is 1. The molecule has 4 heteroatoms. The van der Waals surface area contributed by atoms with E-state index in [0.29, 0.717) is 6.61 Å². The molecule has 0 bridgehead atoms. The first-order valence-electron chi connectivity index (χ1n) is 6.99. The zero-order valence-corrected chi connectivity index (χ0v) is 11.3. The average molecular weight is 270 g/mol. The minimum atomic E-state index is -0.952. The second kappa shape index (κ2) is 6.73. The van der Waals surface area contributed by atoms with Crippen LogP contribution in [0.1, 0.15) is 45.4 Å². The Labute approximate surface area is 112 Å². The van der Waals surface area contributed by atoms with Crippen molar-refractivity contribution in [3.8, 4) is 11.5 Å². The van der Waals surface area contributed by atoms with Crippen molar-refractivity contribution in [3.63, 3.8) is 0 Å². The van der Waals surface area contributed by atoms with Crippen molar-refractivity contribution in [2.24, 2.45) is 0 Å². The fraction of sp³-hybridized carbons (Fsp3) is 0.600. The third-order valence-electron chi connectivity index (χ3n) is 3.36. The second-order valence-electron chi connectivity index (χ2n) is 4.92. The number of halogens is 2. The lowest BCUT2D eigenvalue weighted by Gasteiger charge is -2.15. The van der Waals surface area contributed by atoms with Gasteiger partial charge in [-0.1, -0.05) is 13.3 Å². The van der Waals surface area contributed by atoms with Gasteiger partial charge in [-0.15, -0.1) is 0 Å². The molecule has 1 saturated carbocycles. The van der Waals surface area contributed by atoms with Gasteiger partial charge in [0.25, 0.3) is 0 Å². The molecular formula is C15H20F2O2. The Balaban J connectivity index is 2.03. The van der Waals surface area contributed by atoms with Gasteiger partial charge in [-0.05, 0) is 44.2 Å². The largest absolute Gasteiger partial charge is 0.490 e. The van der Waals surface area contributed by atoms with E-state index in [1.165, 1.54) is 12.1 Å². The highest BCUT2D eigenvalue weighted by molar-refractivity contribution is 5.35. The zero-order chi connectivity index (χ0) is 13.7. The van der Waals surface area contributed by atoms with Crippen LogP contribution in [-0.4, -0.2) is 12.7 Å². The van der Waals surface area contributed by atoms with Crippen molar-refractivity contribution in [1.82, 2.24) is 0 Å². The third kappa shape index (κ3) is 3.58. The van der Waals surface area contributed by atoms with Crippen LogP contribution in [0.4, 0.5) is 8.78 Å². The van der Waals surface area contributed by atoms with E-state index < -0.39 is 11.6 Å². The number of benzene rings is 1. The van der Waals surface area contributed by atoms with Crippen LogP contribution in [0.25, 0.3) is 0 Å². The number of hydrogen-bond acceptors (Lipinski definition) is 2. The van der Waals surface area contributed by atoms with Gasteiger partial charge in [0.1, 0.15) is 0 Å². The first-order chi connectivity index (χ1) is 9.22. The van der Waals surface area contributed by atoms with Gasteiger partial charge in [0.2, 0.25) is 11.6 Å². The summed E-state index contributed by atoms with van der Waals surface area (Å²) in [7, 11) is 0. The molecule has 106 valence electrons. The predicted octanol–water partition coefficient (Wildman–Crippen LogP) is 4.47. The molecule has 0 saturated heterocycles. The Morgan fingerprint density at radius 1 is 1.11 bits per heavy atom. The Morgan fingerprint density at radius 2 is 1.74 bits per heavy atom. The van der Waals surface area contributed by atoms with Crippen molar-refractivity contribution in [1.29, 1.82) is 0 Å². The van der Waals surface area contributed by atoms with E-state index in [4.69, 9.17) is 9.47 Å². The highest BCUT2D eigenvalue weighted by Crippen LogP contribution is 2.31. The molecule has 1 fully saturated rings. The number of ether oxygens (including phenoxy) is 2. The monoisotopic (exact) mass is 270 g/mol. The summed E-state index contributed by atoms with van der Waals surface area (Å²) in [4.78, 5) is 0. The molecule has 0 atom stereocenters. The van der Waals surface area contributed by atoms with Gasteiger partial charge in [0.15, 0.2) is 11.5 Å². The summed E-state index contributed by atoms with van der Waals surface area (Å²) < 4.78 is 38.3. The first-order valence-corrected chi connectivity index (χ1v) is 6.99. The van der Waals surface area contributed by atoms with Crippen LogP contribution in [0, 0.1) is 11.6 Å². The summed E-state index contributed by atoms with van der Waals surface area (Å²) in [5, 5.41) is 0. The summed E-state index contributed by atoms with van der Waals surface area (Å²) in [5.74, 6) is -1.94. The van der Waals surface area contributed by atoms with Crippen LogP contribution in [0.2, 0.25) is 0 Å². The van der Waals surface area contributed by atoms with Crippen molar-refractivity contribution >= 4 is 0 Å². The molecule has 1 aromatic rings. The zero-order valence-electron chi connectivity index (χ0n) is 11.3. The molecule has 1 aliphatic carbocycles. The highest BCUT2D eigenvalue weighted by Gasteiger charge is 2.21. The van der Waals surface area contributed by atoms with E-state index in [1.807, 2.05) is 6.92 Å². The number of rotatable bonds is 6. The minimum Gasteiger partial charge on any atom is -0.490 e. The Kier molecular flexibility index (Phi) is 5.00. The van der Waals surface area contributed by atoms with Crippen LogP contribution in [-0.2, 0) is 0 Å². The molecular weight excluding hydrogens is 250 g/mol. The van der Waals surface area contributed by atoms with Crippen LogP contribution < -0.4 is 9.47 Å². The fourth-order valence-corrected chi connectivity index (χ4v) is 2.23. The van der Waals surface area contributed by atoms with Crippen LogP contribution in [0.5, 0.6) is 11.5 Å². The molecule has 0 spiro atoms. The normalized spacial score (nSPS) is 15.7. The molecule has 0 unspecified atom stereocenters. The summed E-state index contributed by atoms with van der Waals surface area (Å²) in [6, 6.07) is 2.90. The average Bonchev–Trinajstić information content (AvgIpc) is 2.91. The molecule has 0 heterocycles. The van der Waals surface area contributed by atoms with Crippen molar-refractivity contribution in [2.75, 3.05) is 6.61 Å². The smallest absolute Gasteiger partial charge is 0.204 e. The van der Waals surface area contributed by atoms with E-state index in [9.17, 15) is 8.78 Å². The molecule has 2 nitrogen and oxygen atoms in total. The standard InChI is InChI=1S/C15H20F2O2/c1-2-3-10-18-12-8-9-13(15(17)14(12)16)19-11-6-4-5-7-11/h8-9,11H,2-7,10H2,1H3. The Morgan fingerprint density at radius 3 is 2.42 bits per heavy atom. The molecule has 0 N–H and O–H groups in total. The van der Waals surface area contributed by atoms with E-state index in [-0.39, 0.29) is 17.6 Å². The second-order valence-corrected chi connectivity index (χ2v) is 4.92. The topological polar surface area (TPSA) is 18.5 Å². The first kappa shape index (κ1) is 14.1. The maximum atomic E-state index is 13.8. The van der Waals surface area contributed by atoms with Gasteiger partial charge in [-0.3, -0.25) is 0 Å². The predicted molar refractivity (Wildman–Crippen MR) is 69.6 cm³/mol. The van der Waals surface area contributed by atoms with E-state index in [2.05, 4.69) is 0 Å². The quantitative estimate of drug-likeness (QED) is 0.710. The Bertz CT molecular complexity index is 415. The molecule has 0 aliphatic heterocycles. The number of hydrogen-bond donors (Lipinski definition) is 0. The lowest BCUT2D eigenvalue weighted by Crippen LogP contribution is -2.12. The molecule has 19 heavy (non-hydrogen) atoms. The maximum Gasteiger partial charge on any atom is 0.204 e. The highest BCUT2D eigenvalue weighted by atomic mass is 19.2. The van der Waals surface area contributed by atoms with Gasteiger partial charge in [-0.25, -0.2) is 0 Å². The molecule has 2 rings (SSSR count). The van der Waals surface area contributed by atoms with E-state index >= 15 is 0 Å². The van der Waals surface area contributed by atoms with Crippen LogP contribution in [0.15, 0.2) is 12.1 Å². The summed E-state index contributed by atoms with van der Waals surface area (Å²) >= 11 is 0. The van der Waals surface area contributed by atoms with Gasteiger partial charge >= 0.3 is 0 Å². The molecule has 1 aliphatic rings. The lowest BCUT2D eigenvalue weighted by atomic mass is 10.2. The van der Waals surface area contributed by atoms with E-state index in [1.54, 1.807) is 0 Å². The van der Waals surface area contributed by atoms with E-state index in [0.717, 1.165) is 38.5 Å². The van der Waals surface area contributed by atoms with Gasteiger partial charge in [-0.2, -0.15) is 8.78 Å². The van der Waals surface area contributed by atoms with Crippen molar-refractivity contribution < 1.29 is 18.3 Å². The fourth-order valence-electron chi connectivity index (χ4n) is 2.23.